The second kappa shape index (κ2) is 10.3. The van der Waals surface area contributed by atoms with Crippen LogP contribution in [0.4, 0.5) is 4.39 Å². The van der Waals surface area contributed by atoms with E-state index in [1.54, 1.807) is 38.1 Å². The highest BCUT2D eigenvalue weighted by atomic mass is 35.5. The van der Waals surface area contributed by atoms with Crippen LogP contribution >= 0.6 is 11.6 Å². The Morgan fingerprint density at radius 1 is 1.13 bits per heavy atom. The molecule has 0 atom stereocenters. The maximum Gasteiger partial charge on any atom is 0.339 e. The molecule has 0 aliphatic carbocycles. The SMILES string of the molecule is CCOC(=O)c1cc(-c2ccc(F)cc2)n(CCC(=O)NCc2ccccc2Cl)c1C. The summed E-state index contributed by atoms with van der Waals surface area (Å²) in [6.45, 7) is 4.50. The molecule has 0 aliphatic heterocycles. The van der Waals surface area contributed by atoms with Crippen LogP contribution < -0.4 is 5.32 Å². The van der Waals surface area contributed by atoms with Crippen molar-refractivity contribution in [2.75, 3.05) is 6.61 Å². The van der Waals surface area contributed by atoms with Gasteiger partial charge in [0.05, 0.1) is 12.2 Å². The number of nitrogens with zero attached hydrogens (tertiary/aromatic N) is 1. The number of esters is 1. The molecule has 0 aliphatic rings. The Labute approximate surface area is 185 Å². The third-order valence-corrected chi connectivity index (χ3v) is 5.37. The van der Waals surface area contributed by atoms with Crippen LogP contribution in [0.2, 0.25) is 5.02 Å². The van der Waals surface area contributed by atoms with Gasteiger partial charge in [-0.1, -0.05) is 29.8 Å². The van der Waals surface area contributed by atoms with Crippen molar-refractivity contribution in [2.24, 2.45) is 0 Å². The number of amides is 1. The van der Waals surface area contributed by atoms with E-state index in [0.717, 1.165) is 16.8 Å². The van der Waals surface area contributed by atoms with Gasteiger partial charge in [-0.3, -0.25) is 4.79 Å². The number of hydrogen-bond donors (Lipinski definition) is 1. The maximum atomic E-state index is 13.4. The fourth-order valence-electron chi connectivity index (χ4n) is 3.35. The van der Waals surface area contributed by atoms with Crippen molar-refractivity contribution in [3.63, 3.8) is 0 Å². The van der Waals surface area contributed by atoms with Crippen LogP contribution in [-0.4, -0.2) is 23.1 Å². The summed E-state index contributed by atoms with van der Waals surface area (Å²) in [4.78, 5) is 24.8. The average molecular weight is 443 g/mol. The highest BCUT2D eigenvalue weighted by molar-refractivity contribution is 6.31. The van der Waals surface area contributed by atoms with E-state index in [0.29, 0.717) is 29.4 Å². The zero-order valence-corrected chi connectivity index (χ0v) is 18.2. The van der Waals surface area contributed by atoms with Gasteiger partial charge in [-0.05, 0) is 61.4 Å². The first kappa shape index (κ1) is 22.6. The number of aromatic nitrogens is 1. The Balaban J connectivity index is 1.78. The van der Waals surface area contributed by atoms with E-state index in [1.807, 2.05) is 22.8 Å². The minimum absolute atomic E-state index is 0.143. The number of benzene rings is 2. The summed E-state index contributed by atoms with van der Waals surface area (Å²) in [5.41, 5.74) is 3.43. The van der Waals surface area contributed by atoms with Crippen LogP contribution in [-0.2, 0) is 22.6 Å². The van der Waals surface area contributed by atoms with Gasteiger partial charge in [0, 0.05) is 35.9 Å². The van der Waals surface area contributed by atoms with E-state index < -0.39 is 5.97 Å². The van der Waals surface area contributed by atoms with Crippen LogP contribution in [0.3, 0.4) is 0 Å². The molecule has 0 saturated heterocycles. The van der Waals surface area contributed by atoms with Gasteiger partial charge >= 0.3 is 5.97 Å². The van der Waals surface area contributed by atoms with Crippen LogP contribution in [0.25, 0.3) is 11.3 Å². The molecule has 0 unspecified atom stereocenters. The van der Waals surface area contributed by atoms with E-state index in [9.17, 15) is 14.0 Å². The van der Waals surface area contributed by atoms with Crippen LogP contribution in [0.15, 0.2) is 54.6 Å². The monoisotopic (exact) mass is 442 g/mol. The van der Waals surface area contributed by atoms with Crippen molar-refractivity contribution >= 4 is 23.5 Å². The van der Waals surface area contributed by atoms with Crippen molar-refractivity contribution in [3.8, 4) is 11.3 Å². The lowest BCUT2D eigenvalue weighted by Gasteiger charge is -2.13. The Kier molecular flexibility index (Phi) is 7.47. The summed E-state index contributed by atoms with van der Waals surface area (Å²) >= 11 is 6.13. The first-order valence-corrected chi connectivity index (χ1v) is 10.4. The molecule has 0 bridgehead atoms. The number of rotatable bonds is 8. The lowest BCUT2D eigenvalue weighted by molar-refractivity contribution is -0.121. The van der Waals surface area contributed by atoms with Crippen molar-refractivity contribution in [2.45, 2.75) is 33.4 Å². The van der Waals surface area contributed by atoms with E-state index >= 15 is 0 Å². The predicted molar refractivity (Wildman–Crippen MR) is 118 cm³/mol. The summed E-state index contributed by atoms with van der Waals surface area (Å²) in [5.74, 6) is -0.913. The summed E-state index contributed by atoms with van der Waals surface area (Å²) in [5, 5.41) is 3.47. The first-order chi connectivity index (χ1) is 14.9. The summed E-state index contributed by atoms with van der Waals surface area (Å²) in [6, 6.07) is 15.1. The molecular formula is C24H24ClFN2O3. The Hall–Kier alpha value is -3.12. The molecule has 1 N–H and O–H groups in total. The van der Waals surface area contributed by atoms with Crippen molar-refractivity contribution in [3.05, 3.63) is 82.3 Å². The molecule has 3 aromatic rings. The third kappa shape index (κ3) is 5.52. The molecule has 1 amide bonds. The quantitative estimate of drug-likeness (QED) is 0.491. The number of ether oxygens (including phenoxy) is 1. The Morgan fingerprint density at radius 3 is 2.52 bits per heavy atom. The van der Waals surface area contributed by atoms with Gasteiger partial charge in [-0.25, -0.2) is 9.18 Å². The number of hydrogen-bond acceptors (Lipinski definition) is 3. The molecule has 1 heterocycles. The van der Waals surface area contributed by atoms with E-state index in [4.69, 9.17) is 16.3 Å². The fourth-order valence-corrected chi connectivity index (χ4v) is 3.55. The molecule has 0 radical (unpaired) electrons. The van der Waals surface area contributed by atoms with Gasteiger partial charge in [-0.15, -0.1) is 0 Å². The Morgan fingerprint density at radius 2 is 1.84 bits per heavy atom. The minimum Gasteiger partial charge on any atom is -0.462 e. The van der Waals surface area contributed by atoms with Gasteiger partial charge < -0.3 is 14.6 Å². The average Bonchev–Trinajstić information content (AvgIpc) is 3.08. The largest absolute Gasteiger partial charge is 0.462 e. The molecule has 0 saturated carbocycles. The minimum atomic E-state index is -0.426. The number of carbonyl (C=O) groups excluding carboxylic acids is 2. The number of halogens is 2. The van der Waals surface area contributed by atoms with Gasteiger partial charge in [0.2, 0.25) is 5.91 Å². The van der Waals surface area contributed by atoms with Crippen molar-refractivity contribution in [1.29, 1.82) is 0 Å². The standard InChI is InChI=1S/C24H24ClFN2O3/c1-3-31-24(30)20-14-22(17-8-10-19(26)11-9-17)28(16(20)2)13-12-23(29)27-15-18-6-4-5-7-21(18)25/h4-11,14H,3,12-13,15H2,1-2H3,(H,27,29). The maximum absolute atomic E-state index is 13.4. The highest BCUT2D eigenvalue weighted by Gasteiger charge is 2.20. The van der Waals surface area contributed by atoms with Crippen LogP contribution in [0.5, 0.6) is 0 Å². The van der Waals surface area contributed by atoms with Gasteiger partial charge in [0.25, 0.3) is 0 Å². The third-order valence-electron chi connectivity index (χ3n) is 5.00. The first-order valence-electron chi connectivity index (χ1n) is 10.0. The molecule has 7 heteroatoms. The van der Waals surface area contributed by atoms with E-state index in [1.165, 1.54) is 12.1 Å². The number of carbonyl (C=O) groups is 2. The van der Waals surface area contributed by atoms with Crippen LogP contribution in [0, 0.1) is 12.7 Å². The Bertz CT molecular complexity index is 1080. The lowest BCUT2D eigenvalue weighted by Crippen LogP contribution is -2.24. The zero-order valence-electron chi connectivity index (χ0n) is 17.5. The molecular weight excluding hydrogens is 419 g/mol. The molecule has 2 aromatic carbocycles. The van der Waals surface area contributed by atoms with Gasteiger partial charge in [-0.2, -0.15) is 0 Å². The van der Waals surface area contributed by atoms with Gasteiger partial charge in [0.15, 0.2) is 0 Å². The van der Waals surface area contributed by atoms with E-state index in [-0.39, 0.29) is 24.8 Å². The molecule has 3 rings (SSSR count). The van der Waals surface area contributed by atoms with Crippen LogP contribution in [0.1, 0.15) is 35.0 Å². The molecule has 31 heavy (non-hydrogen) atoms. The predicted octanol–water partition coefficient (Wildman–Crippen LogP) is 5.14. The second-order valence-electron chi connectivity index (χ2n) is 7.03. The fraction of sp³-hybridized carbons (Fsp3) is 0.250. The topological polar surface area (TPSA) is 60.3 Å². The molecule has 162 valence electrons. The second-order valence-corrected chi connectivity index (χ2v) is 7.43. The van der Waals surface area contributed by atoms with Gasteiger partial charge in [0.1, 0.15) is 5.82 Å². The highest BCUT2D eigenvalue weighted by Crippen LogP contribution is 2.27. The summed E-state index contributed by atoms with van der Waals surface area (Å²) in [7, 11) is 0. The van der Waals surface area contributed by atoms with Crippen molar-refractivity contribution in [1.82, 2.24) is 9.88 Å². The lowest BCUT2D eigenvalue weighted by atomic mass is 10.1. The molecule has 1 aromatic heterocycles. The van der Waals surface area contributed by atoms with E-state index in [2.05, 4.69) is 5.32 Å². The molecule has 0 fully saturated rings. The summed E-state index contributed by atoms with van der Waals surface area (Å²) < 4.78 is 20.4. The summed E-state index contributed by atoms with van der Waals surface area (Å²) in [6.07, 6.45) is 0.205. The smallest absolute Gasteiger partial charge is 0.339 e. The zero-order chi connectivity index (χ0) is 22.4. The number of nitrogens with one attached hydrogen (secondary N) is 1. The van der Waals surface area contributed by atoms with Crippen molar-refractivity contribution < 1.29 is 18.7 Å². The normalized spacial score (nSPS) is 10.7. The molecule has 5 nitrogen and oxygen atoms in total. The molecule has 0 spiro atoms.